The number of furan rings is 1. The van der Waals surface area contributed by atoms with E-state index in [0.717, 1.165) is 5.76 Å². The van der Waals surface area contributed by atoms with Crippen LogP contribution >= 0.6 is 11.3 Å². The summed E-state index contributed by atoms with van der Waals surface area (Å²) >= 11 is 1.23. The molecule has 0 bridgehead atoms. The molecule has 8 heteroatoms. The highest BCUT2D eigenvalue weighted by Crippen LogP contribution is 2.31. The van der Waals surface area contributed by atoms with Crippen LogP contribution < -0.4 is 14.9 Å². The van der Waals surface area contributed by atoms with Crippen LogP contribution in [0.2, 0.25) is 0 Å². The molecule has 0 amide bonds. The summed E-state index contributed by atoms with van der Waals surface area (Å²) in [6, 6.07) is 9.33. The van der Waals surface area contributed by atoms with Gasteiger partial charge in [0.2, 0.25) is 0 Å². The summed E-state index contributed by atoms with van der Waals surface area (Å²) < 4.78 is 12.8. The number of carbonyl (C=O) groups is 1. The largest absolute Gasteiger partial charge is 0.508 e. The molecule has 154 valence electrons. The molecule has 1 N–H and O–H groups in total. The lowest BCUT2D eigenvalue weighted by molar-refractivity contribution is -0.139. The molecule has 30 heavy (non-hydrogen) atoms. The molecule has 2 aromatic heterocycles. The smallest absolute Gasteiger partial charge is 0.338 e. The Morgan fingerprint density at radius 2 is 2.00 bits per heavy atom. The van der Waals surface area contributed by atoms with E-state index in [4.69, 9.17) is 9.15 Å². The molecule has 7 nitrogen and oxygen atoms in total. The zero-order valence-electron chi connectivity index (χ0n) is 16.7. The molecule has 1 aliphatic rings. The first kappa shape index (κ1) is 19.9. The first-order valence-corrected chi connectivity index (χ1v) is 10.3. The number of ether oxygens (including phenoxy) is 1. The first-order valence-electron chi connectivity index (χ1n) is 9.44. The van der Waals surface area contributed by atoms with Gasteiger partial charge in [0, 0.05) is 6.08 Å². The fraction of sp³-hybridized carbons (Fsp3) is 0.227. The predicted molar refractivity (Wildman–Crippen MR) is 112 cm³/mol. The average Bonchev–Trinajstić information content (AvgIpc) is 3.24. The van der Waals surface area contributed by atoms with Gasteiger partial charge < -0.3 is 14.3 Å². The topological polar surface area (TPSA) is 94.0 Å². The second-order valence-corrected chi connectivity index (χ2v) is 7.85. The lowest BCUT2D eigenvalue weighted by Gasteiger charge is -2.24. The Hall–Kier alpha value is -3.39. The van der Waals surface area contributed by atoms with Crippen LogP contribution in [0.4, 0.5) is 0 Å². The van der Waals surface area contributed by atoms with Gasteiger partial charge in [-0.05, 0) is 50.6 Å². The van der Waals surface area contributed by atoms with E-state index in [2.05, 4.69) is 4.99 Å². The van der Waals surface area contributed by atoms with Crippen LogP contribution in [0.1, 0.15) is 37.0 Å². The zero-order chi connectivity index (χ0) is 21.4. The fourth-order valence-electron chi connectivity index (χ4n) is 3.42. The maximum atomic E-state index is 13.3. The predicted octanol–water partition coefficient (Wildman–Crippen LogP) is 2.41. The molecule has 0 aliphatic carbocycles. The van der Waals surface area contributed by atoms with Crippen molar-refractivity contribution in [3.63, 3.8) is 0 Å². The molecule has 0 fully saturated rings. The van der Waals surface area contributed by atoms with Crippen LogP contribution in [0.5, 0.6) is 5.75 Å². The van der Waals surface area contributed by atoms with Crippen LogP contribution in [-0.4, -0.2) is 22.2 Å². The summed E-state index contributed by atoms with van der Waals surface area (Å²) in [6.45, 7) is 5.50. The molecular formula is C22H20N2O5S. The van der Waals surface area contributed by atoms with E-state index in [1.54, 1.807) is 38.1 Å². The molecule has 1 atom stereocenters. The van der Waals surface area contributed by atoms with E-state index in [9.17, 15) is 14.7 Å². The van der Waals surface area contributed by atoms with Crippen molar-refractivity contribution in [1.82, 2.24) is 4.57 Å². The molecule has 0 saturated carbocycles. The average molecular weight is 424 g/mol. The molecule has 1 aliphatic heterocycles. The molecule has 0 radical (unpaired) electrons. The van der Waals surface area contributed by atoms with E-state index >= 15 is 0 Å². The van der Waals surface area contributed by atoms with E-state index < -0.39 is 12.0 Å². The number of benzene rings is 1. The van der Waals surface area contributed by atoms with Gasteiger partial charge in [0.1, 0.15) is 17.3 Å². The van der Waals surface area contributed by atoms with Crippen LogP contribution in [-0.2, 0) is 9.53 Å². The summed E-state index contributed by atoms with van der Waals surface area (Å²) in [7, 11) is 0. The normalized spacial score (nSPS) is 16.4. The van der Waals surface area contributed by atoms with Gasteiger partial charge in [-0.15, -0.1) is 0 Å². The Morgan fingerprint density at radius 1 is 1.27 bits per heavy atom. The fourth-order valence-corrected chi connectivity index (χ4v) is 4.45. The van der Waals surface area contributed by atoms with Gasteiger partial charge in [-0.1, -0.05) is 23.5 Å². The second kappa shape index (κ2) is 7.79. The third-order valence-electron chi connectivity index (χ3n) is 4.76. The molecule has 3 heterocycles. The molecule has 0 saturated heterocycles. The number of aromatic hydroxyl groups is 1. The van der Waals surface area contributed by atoms with Gasteiger partial charge in [-0.2, -0.15) is 0 Å². The number of nitrogens with zero attached hydrogens (tertiary/aromatic N) is 2. The number of hydrogen-bond acceptors (Lipinski definition) is 7. The molecule has 1 unspecified atom stereocenters. The van der Waals surface area contributed by atoms with Crippen molar-refractivity contribution in [3.05, 3.63) is 84.4 Å². The molecule has 1 aromatic carbocycles. The minimum absolute atomic E-state index is 0.0951. The third-order valence-corrected chi connectivity index (χ3v) is 5.74. The summed E-state index contributed by atoms with van der Waals surface area (Å²) in [6.07, 6.45) is 1.67. The number of allylic oxidation sites excluding steroid dienone is 1. The van der Waals surface area contributed by atoms with Crippen molar-refractivity contribution in [1.29, 1.82) is 0 Å². The number of aromatic nitrogens is 1. The highest BCUT2D eigenvalue weighted by molar-refractivity contribution is 7.07. The van der Waals surface area contributed by atoms with Gasteiger partial charge >= 0.3 is 5.97 Å². The second-order valence-electron chi connectivity index (χ2n) is 6.84. The van der Waals surface area contributed by atoms with Crippen LogP contribution in [0, 0.1) is 6.92 Å². The third kappa shape index (κ3) is 3.50. The number of thiazole rings is 1. The van der Waals surface area contributed by atoms with Crippen LogP contribution in [0.3, 0.4) is 0 Å². The summed E-state index contributed by atoms with van der Waals surface area (Å²) in [5.41, 5.74) is 1.19. The van der Waals surface area contributed by atoms with Gasteiger partial charge in [0.15, 0.2) is 4.80 Å². The van der Waals surface area contributed by atoms with Gasteiger partial charge in [0.05, 0.1) is 28.5 Å². The van der Waals surface area contributed by atoms with E-state index in [1.807, 2.05) is 13.0 Å². The summed E-state index contributed by atoms with van der Waals surface area (Å²) in [5.74, 6) is 0.891. The number of fused-ring (bicyclic) bond motifs is 1. The Bertz CT molecular complexity index is 1330. The van der Waals surface area contributed by atoms with E-state index in [-0.39, 0.29) is 17.9 Å². The number of hydrogen-bond donors (Lipinski definition) is 1. The van der Waals surface area contributed by atoms with Crippen molar-refractivity contribution < 1.29 is 19.1 Å². The Kier molecular flexibility index (Phi) is 5.17. The maximum Gasteiger partial charge on any atom is 0.338 e. The number of phenolic OH excluding ortho intramolecular Hbond substituents is 1. The van der Waals surface area contributed by atoms with E-state index in [0.29, 0.717) is 31.9 Å². The first-order chi connectivity index (χ1) is 14.4. The number of aryl methyl sites for hydroxylation is 1. The monoisotopic (exact) mass is 424 g/mol. The van der Waals surface area contributed by atoms with Gasteiger partial charge in [0.25, 0.3) is 5.56 Å². The van der Waals surface area contributed by atoms with Crippen molar-refractivity contribution >= 4 is 23.4 Å². The number of carbonyl (C=O) groups excluding carboxylic acids is 1. The highest BCUT2D eigenvalue weighted by atomic mass is 32.1. The molecule has 4 rings (SSSR count). The number of esters is 1. The summed E-state index contributed by atoms with van der Waals surface area (Å²) in [5, 5.41) is 9.68. The Morgan fingerprint density at radius 3 is 2.63 bits per heavy atom. The van der Waals surface area contributed by atoms with E-state index in [1.165, 1.54) is 28.0 Å². The maximum absolute atomic E-state index is 13.3. The number of rotatable bonds is 4. The van der Waals surface area contributed by atoms with Crippen molar-refractivity contribution in [2.75, 3.05) is 6.61 Å². The lowest BCUT2D eigenvalue weighted by Crippen LogP contribution is -2.39. The van der Waals surface area contributed by atoms with Crippen LogP contribution in [0.25, 0.3) is 6.08 Å². The standard InChI is InChI=1S/C22H20N2O5S/c1-4-28-21(27)18-13(3)23-22-24(19(18)14-6-8-15(25)9-7-14)20(26)17(30-22)11-16-10-5-12(2)29-16/h5-11,19,25H,4H2,1-3H3. The highest BCUT2D eigenvalue weighted by Gasteiger charge is 2.33. The van der Waals surface area contributed by atoms with Crippen molar-refractivity contribution in [3.8, 4) is 5.75 Å². The molecular weight excluding hydrogens is 404 g/mol. The SMILES string of the molecule is CCOC(=O)C1=C(C)N=c2sc(=Cc3ccc(C)o3)c(=O)n2C1c1ccc(O)cc1. The summed E-state index contributed by atoms with van der Waals surface area (Å²) in [4.78, 5) is 31.1. The lowest BCUT2D eigenvalue weighted by atomic mass is 9.96. The van der Waals surface area contributed by atoms with Crippen molar-refractivity contribution in [2.24, 2.45) is 4.99 Å². The Balaban J connectivity index is 1.96. The molecule has 0 spiro atoms. The minimum atomic E-state index is -0.707. The Labute approximate surface area is 175 Å². The minimum Gasteiger partial charge on any atom is -0.508 e. The van der Waals surface area contributed by atoms with Gasteiger partial charge in [-0.25, -0.2) is 9.79 Å². The van der Waals surface area contributed by atoms with Crippen molar-refractivity contribution in [2.45, 2.75) is 26.8 Å². The number of phenols is 1. The molecule has 3 aromatic rings. The van der Waals surface area contributed by atoms with Crippen LogP contribution in [0.15, 0.2) is 61.9 Å². The van der Waals surface area contributed by atoms with Gasteiger partial charge in [-0.3, -0.25) is 9.36 Å². The zero-order valence-corrected chi connectivity index (χ0v) is 17.5. The quantitative estimate of drug-likeness (QED) is 0.649.